The number of hydrogen-bond donors (Lipinski definition) is 2. The number of anilines is 1. The monoisotopic (exact) mass is 382 g/mol. The van der Waals surface area contributed by atoms with Gasteiger partial charge in [0.2, 0.25) is 10.0 Å². The summed E-state index contributed by atoms with van der Waals surface area (Å²) < 4.78 is 64.0. The highest BCUT2D eigenvalue weighted by molar-refractivity contribution is 7.89. The summed E-state index contributed by atoms with van der Waals surface area (Å²) >= 11 is 0. The number of nitrogens with one attached hydrogen (secondary N) is 2. The van der Waals surface area contributed by atoms with Crippen molar-refractivity contribution in [2.24, 2.45) is 0 Å². The molecule has 0 saturated heterocycles. The largest absolute Gasteiger partial charge is 0.416 e. The molecule has 3 rings (SSSR count). The van der Waals surface area contributed by atoms with Crippen LogP contribution in [-0.4, -0.2) is 21.4 Å². The van der Waals surface area contributed by atoms with Crippen LogP contribution in [0.25, 0.3) is 11.6 Å². The highest BCUT2D eigenvalue weighted by Gasteiger charge is 2.30. The van der Waals surface area contributed by atoms with Crippen molar-refractivity contribution in [2.75, 3.05) is 12.4 Å². The number of fused-ring (bicyclic) bond motifs is 1. The van der Waals surface area contributed by atoms with Gasteiger partial charge in [0.15, 0.2) is 0 Å². The molecule has 2 aromatic rings. The first-order valence-corrected chi connectivity index (χ1v) is 8.88. The van der Waals surface area contributed by atoms with Crippen molar-refractivity contribution >= 4 is 33.3 Å². The number of carbonyl (C=O) groups is 1. The van der Waals surface area contributed by atoms with E-state index in [9.17, 15) is 26.4 Å². The number of hydrogen-bond acceptors (Lipinski definition) is 3. The smallest absolute Gasteiger partial charge is 0.321 e. The van der Waals surface area contributed by atoms with Crippen LogP contribution in [0.5, 0.6) is 0 Å². The summed E-state index contributed by atoms with van der Waals surface area (Å²) in [4.78, 5) is 12.1. The van der Waals surface area contributed by atoms with Gasteiger partial charge in [0, 0.05) is 16.8 Å². The zero-order valence-electron chi connectivity index (χ0n) is 13.4. The highest BCUT2D eigenvalue weighted by atomic mass is 32.2. The number of alkyl halides is 3. The second-order valence-electron chi connectivity index (χ2n) is 5.55. The first-order valence-electron chi connectivity index (χ1n) is 7.40. The van der Waals surface area contributed by atoms with Crippen molar-refractivity contribution in [1.29, 1.82) is 0 Å². The van der Waals surface area contributed by atoms with Crippen molar-refractivity contribution in [3.05, 3.63) is 59.2 Å². The summed E-state index contributed by atoms with van der Waals surface area (Å²) in [5, 5.41) is 2.60. The van der Waals surface area contributed by atoms with Gasteiger partial charge in [-0.05, 0) is 49.0 Å². The van der Waals surface area contributed by atoms with E-state index in [0.717, 1.165) is 12.1 Å². The molecule has 0 aliphatic carbocycles. The standard InChI is InChI=1S/C17H13F3N2O3S/c1-21-26(24,25)12-6-7-15-13(9-12)14(16(23)22-15)8-10-2-4-11(5-3-10)17(18,19)20/h2-9,21H,1H3,(H,22,23). The lowest BCUT2D eigenvalue weighted by atomic mass is 10.0. The van der Waals surface area contributed by atoms with Crippen LogP contribution in [0.15, 0.2) is 47.4 Å². The third kappa shape index (κ3) is 3.35. The molecule has 1 amide bonds. The molecule has 0 saturated carbocycles. The van der Waals surface area contributed by atoms with Gasteiger partial charge in [-0.3, -0.25) is 4.79 Å². The Morgan fingerprint density at radius 3 is 2.31 bits per heavy atom. The summed E-state index contributed by atoms with van der Waals surface area (Å²) in [7, 11) is -2.43. The molecule has 0 radical (unpaired) electrons. The Labute approximate surface area is 147 Å². The topological polar surface area (TPSA) is 75.3 Å². The van der Waals surface area contributed by atoms with Crippen molar-refractivity contribution < 1.29 is 26.4 Å². The maximum Gasteiger partial charge on any atom is 0.416 e. The molecule has 2 aromatic carbocycles. The summed E-state index contributed by atoms with van der Waals surface area (Å²) in [6, 6.07) is 8.49. The molecule has 136 valence electrons. The maximum atomic E-state index is 12.6. The first kappa shape index (κ1) is 18.2. The third-order valence-electron chi connectivity index (χ3n) is 3.90. The van der Waals surface area contributed by atoms with E-state index in [-0.39, 0.29) is 10.5 Å². The molecule has 2 N–H and O–H groups in total. The lowest BCUT2D eigenvalue weighted by Gasteiger charge is -2.07. The number of halogens is 3. The molecule has 0 unspecified atom stereocenters. The second kappa shape index (κ2) is 6.26. The summed E-state index contributed by atoms with van der Waals surface area (Å²) in [6.45, 7) is 0. The van der Waals surface area contributed by atoms with Gasteiger partial charge in [0.05, 0.1) is 10.5 Å². The van der Waals surface area contributed by atoms with E-state index in [4.69, 9.17) is 0 Å². The minimum absolute atomic E-state index is 0.0198. The number of sulfonamides is 1. The number of amides is 1. The van der Waals surface area contributed by atoms with Gasteiger partial charge in [-0.15, -0.1) is 0 Å². The first-order chi connectivity index (χ1) is 12.1. The van der Waals surface area contributed by atoms with Crippen LogP contribution in [0.1, 0.15) is 16.7 Å². The van der Waals surface area contributed by atoms with Crippen LogP contribution >= 0.6 is 0 Å². The third-order valence-corrected chi connectivity index (χ3v) is 5.31. The van der Waals surface area contributed by atoms with Crippen LogP contribution in [0, 0.1) is 0 Å². The van der Waals surface area contributed by atoms with Gasteiger partial charge in [-0.25, -0.2) is 13.1 Å². The Hall–Kier alpha value is -2.65. The van der Waals surface area contributed by atoms with E-state index in [2.05, 4.69) is 10.0 Å². The lowest BCUT2D eigenvalue weighted by molar-refractivity contribution is -0.137. The molecule has 0 bridgehead atoms. The Kier molecular flexibility index (Phi) is 4.37. The zero-order valence-corrected chi connectivity index (χ0v) is 14.2. The minimum atomic E-state index is -4.45. The van der Waals surface area contributed by atoms with Gasteiger partial charge < -0.3 is 5.32 Å². The molecule has 5 nitrogen and oxygen atoms in total. The van der Waals surface area contributed by atoms with E-state index in [0.29, 0.717) is 16.8 Å². The fourth-order valence-electron chi connectivity index (χ4n) is 2.53. The van der Waals surface area contributed by atoms with Gasteiger partial charge in [-0.2, -0.15) is 13.2 Å². The summed E-state index contributed by atoms with van der Waals surface area (Å²) in [5.41, 5.74) is 0.568. The Morgan fingerprint density at radius 1 is 1.08 bits per heavy atom. The van der Waals surface area contributed by atoms with E-state index in [1.54, 1.807) is 0 Å². The van der Waals surface area contributed by atoms with Crippen LogP contribution in [0.4, 0.5) is 18.9 Å². The Bertz CT molecular complexity index is 1010. The van der Waals surface area contributed by atoms with Crippen LogP contribution < -0.4 is 10.0 Å². The number of carbonyl (C=O) groups excluding carboxylic acids is 1. The average molecular weight is 382 g/mol. The molecule has 1 heterocycles. The minimum Gasteiger partial charge on any atom is -0.321 e. The SMILES string of the molecule is CNS(=O)(=O)c1ccc2c(c1)C(=Cc1ccc(C(F)(F)F)cc1)C(=O)N2. The quantitative estimate of drug-likeness (QED) is 0.801. The summed E-state index contributed by atoms with van der Waals surface area (Å²) in [6.07, 6.45) is -3.03. The van der Waals surface area contributed by atoms with Crippen molar-refractivity contribution in [3.8, 4) is 0 Å². The van der Waals surface area contributed by atoms with E-state index in [1.165, 1.54) is 43.5 Å². The molecule has 0 aromatic heterocycles. The van der Waals surface area contributed by atoms with Gasteiger partial charge in [-0.1, -0.05) is 12.1 Å². The Morgan fingerprint density at radius 2 is 1.73 bits per heavy atom. The molecule has 9 heteroatoms. The molecule has 0 fully saturated rings. The van der Waals surface area contributed by atoms with Gasteiger partial charge in [0.25, 0.3) is 5.91 Å². The number of rotatable bonds is 3. The highest BCUT2D eigenvalue weighted by Crippen LogP contribution is 2.35. The predicted octanol–water partition coefficient (Wildman–Crippen LogP) is 3.11. The molecule has 0 spiro atoms. The lowest BCUT2D eigenvalue weighted by Crippen LogP contribution is -2.18. The van der Waals surface area contributed by atoms with Crippen molar-refractivity contribution in [1.82, 2.24) is 4.72 Å². The molecular formula is C17H13F3N2O3S. The molecule has 26 heavy (non-hydrogen) atoms. The van der Waals surface area contributed by atoms with Crippen LogP contribution in [0.2, 0.25) is 0 Å². The fourth-order valence-corrected chi connectivity index (χ4v) is 3.29. The molecule has 0 atom stereocenters. The zero-order chi connectivity index (χ0) is 19.1. The van der Waals surface area contributed by atoms with Crippen LogP contribution in [-0.2, 0) is 21.0 Å². The van der Waals surface area contributed by atoms with E-state index < -0.39 is 27.7 Å². The molecule has 1 aliphatic heterocycles. The maximum absolute atomic E-state index is 12.6. The van der Waals surface area contributed by atoms with Crippen molar-refractivity contribution in [3.63, 3.8) is 0 Å². The van der Waals surface area contributed by atoms with Crippen molar-refractivity contribution in [2.45, 2.75) is 11.1 Å². The van der Waals surface area contributed by atoms with Gasteiger partial charge >= 0.3 is 6.18 Å². The Balaban J connectivity index is 2.04. The predicted molar refractivity (Wildman–Crippen MR) is 90.6 cm³/mol. The average Bonchev–Trinajstić information content (AvgIpc) is 2.89. The second-order valence-corrected chi connectivity index (χ2v) is 7.43. The number of benzene rings is 2. The van der Waals surface area contributed by atoms with E-state index >= 15 is 0 Å². The van der Waals surface area contributed by atoms with Gasteiger partial charge in [0.1, 0.15) is 0 Å². The molecule has 1 aliphatic rings. The summed E-state index contributed by atoms with van der Waals surface area (Å²) in [5.74, 6) is -0.459. The van der Waals surface area contributed by atoms with Crippen LogP contribution in [0.3, 0.4) is 0 Å². The fraction of sp³-hybridized carbons (Fsp3) is 0.118. The normalized spacial score (nSPS) is 15.8. The molecular weight excluding hydrogens is 369 g/mol. The van der Waals surface area contributed by atoms with E-state index in [1.807, 2.05) is 0 Å².